The standard InChI is InChI=1S/C15H20F3N3O2/c1-20(2)12-5-6-21(9-12)8-10-3-4-11(19-14(22)23)7-13(10)15(16,17)18/h3-4,7,12,19H,5-6,8-9H2,1-2H3,(H,22,23). The number of carboxylic acid groups (broad SMARTS) is 1. The summed E-state index contributed by atoms with van der Waals surface area (Å²) in [6, 6.07) is 3.90. The molecule has 2 rings (SSSR count). The Balaban J connectivity index is 2.19. The average molecular weight is 331 g/mol. The first-order valence-corrected chi connectivity index (χ1v) is 7.25. The molecule has 0 aromatic heterocycles. The van der Waals surface area contributed by atoms with Crippen LogP contribution in [0.15, 0.2) is 18.2 Å². The summed E-state index contributed by atoms with van der Waals surface area (Å²) in [6.45, 7) is 1.67. The SMILES string of the molecule is CN(C)C1CCN(Cc2ccc(NC(=O)O)cc2C(F)(F)F)C1. The van der Waals surface area contributed by atoms with Gasteiger partial charge in [0.1, 0.15) is 0 Å². The van der Waals surface area contributed by atoms with E-state index in [1.54, 1.807) is 0 Å². The third-order valence-electron chi connectivity index (χ3n) is 4.04. The van der Waals surface area contributed by atoms with Gasteiger partial charge in [0.15, 0.2) is 0 Å². The van der Waals surface area contributed by atoms with E-state index < -0.39 is 17.8 Å². The second-order valence-corrected chi connectivity index (χ2v) is 5.94. The molecule has 0 spiro atoms. The zero-order chi connectivity index (χ0) is 17.2. The van der Waals surface area contributed by atoms with Gasteiger partial charge in [-0.2, -0.15) is 13.2 Å². The molecule has 1 aliphatic heterocycles. The van der Waals surface area contributed by atoms with Crippen molar-refractivity contribution in [3.63, 3.8) is 0 Å². The summed E-state index contributed by atoms with van der Waals surface area (Å²) in [4.78, 5) is 14.6. The Kier molecular flexibility index (Phi) is 5.16. The zero-order valence-electron chi connectivity index (χ0n) is 13.0. The minimum atomic E-state index is -4.52. The monoisotopic (exact) mass is 331 g/mol. The largest absolute Gasteiger partial charge is 0.465 e. The molecule has 128 valence electrons. The van der Waals surface area contributed by atoms with Crippen LogP contribution in [0.1, 0.15) is 17.5 Å². The third kappa shape index (κ3) is 4.59. The lowest BCUT2D eigenvalue weighted by Crippen LogP contribution is -2.31. The molecule has 0 radical (unpaired) electrons. The normalized spacial score (nSPS) is 19.3. The third-order valence-corrected chi connectivity index (χ3v) is 4.04. The first-order chi connectivity index (χ1) is 10.7. The van der Waals surface area contributed by atoms with Gasteiger partial charge in [0.2, 0.25) is 0 Å². The van der Waals surface area contributed by atoms with Crippen LogP contribution in [-0.2, 0) is 12.7 Å². The van der Waals surface area contributed by atoms with Gasteiger partial charge in [-0.15, -0.1) is 0 Å². The Bertz CT molecular complexity index is 576. The first-order valence-electron chi connectivity index (χ1n) is 7.25. The molecule has 0 aliphatic carbocycles. The summed E-state index contributed by atoms with van der Waals surface area (Å²) in [5, 5.41) is 10.6. The lowest BCUT2D eigenvalue weighted by atomic mass is 10.1. The van der Waals surface area contributed by atoms with Crippen LogP contribution >= 0.6 is 0 Å². The van der Waals surface area contributed by atoms with Gasteiger partial charge in [0.25, 0.3) is 0 Å². The van der Waals surface area contributed by atoms with Gasteiger partial charge in [0.05, 0.1) is 5.56 Å². The van der Waals surface area contributed by atoms with Gasteiger partial charge in [0, 0.05) is 31.4 Å². The number of rotatable bonds is 4. The fraction of sp³-hybridized carbons (Fsp3) is 0.533. The first kappa shape index (κ1) is 17.6. The highest BCUT2D eigenvalue weighted by atomic mass is 19.4. The van der Waals surface area contributed by atoms with Crippen molar-refractivity contribution < 1.29 is 23.1 Å². The van der Waals surface area contributed by atoms with E-state index in [1.807, 2.05) is 24.3 Å². The Morgan fingerprint density at radius 2 is 2.13 bits per heavy atom. The topological polar surface area (TPSA) is 55.8 Å². The van der Waals surface area contributed by atoms with Crippen LogP contribution in [0.4, 0.5) is 23.7 Å². The number of halogens is 3. The molecule has 1 saturated heterocycles. The van der Waals surface area contributed by atoms with Crippen molar-refractivity contribution in [2.75, 3.05) is 32.5 Å². The number of hydrogen-bond donors (Lipinski definition) is 2. The fourth-order valence-electron chi connectivity index (χ4n) is 2.80. The summed E-state index contributed by atoms with van der Waals surface area (Å²) in [6.07, 6.45) is -4.99. The van der Waals surface area contributed by atoms with Crippen molar-refractivity contribution in [3.8, 4) is 0 Å². The van der Waals surface area contributed by atoms with Crippen LogP contribution in [0.3, 0.4) is 0 Å². The predicted octanol–water partition coefficient (Wildman–Crippen LogP) is 2.93. The molecule has 1 unspecified atom stereocenters. The van der Waals surface area contributed by atoms with Crippen molar-refractivity contribution in [2.24, 2.45) is 0 Å². The number of likely N-dealkylation sites (tertiary alicyclic amines) is 1. The van der Waals surface area contributed by atoms with E-state index in [9.17, 15) is 18.0 Å². The van der Waals surface area contributed by atoms with Gasteiger partial charge < -0.3 is 10.0 Å². The van der Waals surface area contributed by atoms with Crippen molar-refractivity contribution in [3.05, 3.63) is 29.3 Å². The number of nitrogens with zero attached hydrogens (tertiary/aromatic N) is 2. The molecule has 8 heteroatoms. The second-order valence-electron chi connectivity index (χ2n) is 5.94. The zero-order valence-corrected chi connectivity index (χ0v) is 13.0. The summed E-state index contributed by atoms with van der Waals surface area (Å²) in [7, 11) is 3.92. The molecule has 1 amide bonds. The minimum absolute atomic E-state index is 0.0823. The Morgan fingerprint density at radius 3 is 2.65 bits per heavy atom. The van der Waals surface area contributed by atoms with Crippen LogP contribution in [0.5, 0.6) is 0 Å². The fourth-order valence-corrected chi connectivity index (χ4v) is 2.80. The molecule has 1 aliphatic rings. The molecule has 2 N–H and O–H groups in total. The average Bonchev–Trinajstić information content (AvgIpc) is 2.87. The molecule has 1 heterocycles. The van der Waals surface area contributed by atoms with Crippen molar-refractivity contribution in [1.82, 2.24) is 9.80 Å². The Hall–Kier alpha value is -1.80. The number of carbonyl (C=O) groups is 1. The lowest BCUT2D eigenvalue weighted by molar-refractivity contribution is -0.138. The van der Waals surface area contributed by atoms with Crippen LogP contribution in [0.2, 0.25) is 0 Å². The molecule has 1 fully saturated rings. The maximum absolute atomic E-state index is 13.2. The highest BCUT2D eigenvalue weighted by Crippen LogP contribution is 2.35. The molecule has 0 bridgehead atoms. The van der Waals surface area contributed by atoms with Crippen LogP contribution in [-0.4, -0.2) is 54.2 Å². The van der Waals surface area contributed by atoms with E-state index >= 15 is 0 Å². The van der Waals surface area contributed by atoms with Gasteiger partial charge in [-0.3, -0.25) is 10.2 Å². The van der Waals surface area contributed by atoms with E-state index in [4.69, 9.17) is 5.11 Å². The number of likely N-dealkylation sites (N-methyl/N-ethyl adjacent to an activating group) is 1. The molecule has 5 nitrogen and oxygen atoms in total. The van der Waals surface area contributed by atoms with E-state index in [0.717, 1.165) is 25.6 Å². The predicted molar refractivity (Wildman–Crippen MR) is 80.5 cm³/mol. The smallest absolute Gasteiger partial charge is 0.416 e. The Labute approximate surface area is 132 Å². The molecule has 23 heavy (non-hydrogen) atoms. The van der Waals surface area contributed by atoms with Crippen LogP contribution < -0.4 is 5.32 Å². The number of amides is 1. The molecule has 1 aromatic rings. The molecule has 0 saturated carbocycles. The molecule has 1 atom stereocenters. The van der Waals surface area contributed by atoms with Gasteiger partial charge in [-0.25, -0.2) is 4.79 Å². The van der Waals surface area contributed by atoms with Crippen molar-refractivity contribution >= 4 is 11.8 Å². The maximum Gasteiger partial charge on any atom is 0.416 e. The van der Waals surface area contributed by atoms with Gasteiger partial charge in [-0.1, -0.05) is 6.07 Å². The quantitative estimate of drug-likeness (QED) is 0.891. The number of hydrogen-bond acceptors (Lipinski definition) is 3. The highest BCUT2D eigenvalue weighted by Gasteiger charge is 2.35. The van der Waals surface area contributed by atoms with Crippen molar-refractivity contribution in [1.29, 1.82) is 0 Å². The van der Waals surface area contributed by atoms with E-state index in [0.29, 0.717) is 6.04 Å². The number of alkyl halides is 3. The Morgan fingerprint density at radius 1 is 1.43 bits per heavy atom. The number of anilines is 1. The molecular weight excluding hydrogens is 311 g/mol. The maximum atomic E-state index is 13.2. The van der Waals surface area contributed by atoms with E-state index in [1.165, 1.54) is 12.1 Å². The van der Waals surface area contributed by atoms with E-state index in [-0.39, 0.29) is 17.8 Å². The highest BCUT2D eigenvalue weighted by molar-refractivity contribution is 5.83. The van der Waals surface area contributed by atoms with Gasteiger partial charge in [-0.05, 0) is 38.2 Å². The number of nitrogens with one attached hydrogen (secondary N) is 1. The summed E-state index contributed by atoms with van der Waals surface area (Å²) in [5.41, 5.74) is -0.717. The summed E-state index contributed by atoms with van der Waals surface area (Å²) >= 11 is 0. The van der Waals surface area contributed by atoms with E-state index in [2.05, 4.69) is 4.90 Å². The molecule has 1 aromatic carbocycles. The molecular formula is C15H20F3N3O2. The van der Waals surface area contributed by atoms with Gasteiger partial charge >= 0.3 is 12.3 Å². The summed E-state index contributed by atoms with van der Waals surface area (Å²) in [5.74, 6) is 0. The van der Waals surface area contributed by atoms with Crippen molar-refractivity contribution in [2.45, 2.75) is 25.2 Å². The number of benzene rings is 1. The second kappa shape index (κ2) is 6.76. The minimum Gasteiger partial charge on any atom is -0.465 e. The van der Waals surface area contributed by atoms with Crippen LogP contribution in [0.25, 0.3) is 0 Å². The van der Waals surface area contributed by atoms with Crippen LogP contribution in [0, 0.1) is 0 Å². The summed E-state index contributed by atoms with van der Waals surface area (Å²) < 4.78 is 39.7. The lowest BCUT2D eigenvalue weighted by Gasteiger charge is -2.22.